The van der Waals surface area contributed by atoms with Crippen LogP contribution in [0.4, 0.5) is 0 Å². The molecule has 1 aromatic carbocycles. The van der Waals surface area contributed by atoms with Gasteiger partial charge in [0.15, 0.2) is 0 Å². The Kier molecular flexibility index (Phi) is 6.80. The molecule has 0 N–H and O–H groups in total. The summed E-state index contributed by atoms with van der Waals surface area (Å²) >= 11 is 1.79. The second-order valence-electron chi connectivity index (χ2n) is 9.27. The molecular weight excluding hydrogens is 416 g/mol. The number of hydrogen-bond donors (Lipinski definition) is 0. The molecule has 1 amide bonds. The zero-order valence-electron chi connectivity index (χ0n) is 18.2. The lowest BCUT2D eigenvalue weighted by Crippen LogP contribution is -2.44. The van der Waals surface area contributed by atoms with Gasteiger partial charge < -0.3 is 4.90 Å². The van der Waals surface area contributed by atoms with E-state index < -0.39 is 10.0 Å². The number of fused-ring (bicyclic) bond motifs is 1. The molecule has 0 radical (unpaired) electrons. The lowest BCUT2D eigenvalue weighted by molar-refractivity contribution is 0.0520. The zero-order valence-corrected chi connectivity index (χ0v) is 19.8. The summed E-state index contributed by atoms with van der Waals surface area (Å²) in [6.07, 6.45) is 6.18. The second-order valence-corrected chi connectivity index (χ2v) is 12.4. The third kappa shape index (κ3) is 4.44. The quantitative estimate of drug-likeness (QED) is 0.690. The van der Waals surface area contributed by atoms with Crippen molar-refractivity contribution in [2.24, 2.45) is 11.8 Å². The molecule has 0 bridgehead atoms. The van der Waals surface area contributed by atoms with Crippen LogP contribution in [-0.2, 0) is 10.0 Å². The highest BCUT2D eigenvalue weighted by molar-refractivity contribution is 7.99. The van der Waals surface area contributed by atoms with Gasteiger partial charge in [-0.05, 0) is 48.3 Å². The smallest absolute Gasteiger partial charge is 0.253 e. The number of sulfonamides is 1. The monoisotopic (exact) mass is 450 g/mol. The standard InChI is InChI=1S/C23H34N2O3S2/c1-17(2)21-8-7-19(15-22(21)30(27,28)25-11-13-29-14-12-25)23(26)24-10-9-18-5-3-4-6-20(18)16-24/h7-8,15,17-18,20H,3-6,9-14,16H2,1-2H3. The molecule has 2 atom stereocenters. The number of carbonyl (C=O) groups excluding carboxylic acids is 1. The molecule has 1 aliphatic carbocycles. The molecule has 1 aromatic rings. The molecule has 3 fully saturated rings. The van der Waals surface area contributed by atoms with Gasteiger partial charge in [0.05, 0.1) is 4.90 Å². The van der Waals surface area contributed by atoms with Gasteiger partial charge in [-0.1, -0.05) is 39.2 Å². The maximum atomic E-state index is 13.4. The largest absolute Gasteiger partial charge is 0.338 e. The van der Waals surface area contributed by atoms with Gasteiger partial charge in [0.2, 0.25) is 10.0 Å². The minimum atomic E-state index is -3.59. The molecule has 2 saturated heterocycles. The van der Waals surface area contributed by atoms with E-state index in [0.717, 1.165) is 42.5 Å². The summed E-state index contributed by atoms with van der Waals surface area (Å²) < 4.78 is 28.5. The van der Waals surface area contributed by atoms with Crippen LogP contribution >= 0.6 is 11.8 Å². The van der Waals surface area contributed by atoms with Crippen molar-refractivity contribution in [2.45, 2.75) is 56.8 Å². The Hall–Kier alpha value is -1.05. The van der Waals surface area contributed by atoms with Crippen molar-refractivity contribution in [3.05, 3.63) is 29.3 Å². The van der Waals surface area contributed by atoms with Gasteiger partial charge in [0, 0.05) is 43.2 Å². The van der Waals surface area contributed by atoms with Crippen LogP contribution in [0.5, 0.6) is 0 Å². The molecule has 3 aliphatic rings. The third-order valence-electron chi connectivity index (χ3n) is 7.05. The van der Waals surface area contributed by atoms with Crippen molar-refractivity contribution >= 4 is 27.7 Å². The van der Waals surface area contributed by atoms with E-state index >= 15 is 0 Å². The minimum absolute atomic E-state index is 0.0139. The lowest BCUT2D eigenvalue weighted by atomic mass is 9.75. The highest BCUT2D eigenvalue weighted by Crippen LogP contribution is 2.37. The van der Waals surface area contributed by atoms with Crippen LogP contribution in [-0.4, -0.2) is 61.2 Å². The predicted octanol–water partition coefficient (Wildman–Crippen LogP) is 4.20. The van der Waals surface area contributed by atoms with E-state index in [0.29, 0.717) is 29.5 Å². The van der Waals surface area contributed by atoms with E-state index in [4.69, 9.17) is 0 Å². The number of rotatable bonds is 4. The van der Waals surface area contributed by atoms with Crippen LogP contribution in [0.2, 0.25) is 0 Å². The third-order valence-corrected chi connectivity index (χ3v) is 9.95. The Balaban J connectivity index is 1.61. The molecule has 5 nitrogen and oxygen atoms in total. The number of benzene rings is 1. The van der Waals surface area contributed by atoms with Gasteiger partial charge in [-0.3, -0.25) is 4.79 Å². The molecule has 30 heavy (non-hydrogen) atoms. The summed E-state index contributed by atoms with van der Waals surface area (Å²) in [6.45, 7) is 6.71. The summed E-state index contributed by atoms with van der Waals surface area (Å²) in [5.74, 6) is 3.09. The van der Waals surface area contributed by atoms with Crippen LogP contribution < -0.4 is 0 Å². The Labute approximate surface area is 185 Å². The molecule has 2 heterocycles. The first kappa shape index (κ1) is 22.2. The predicted molar refractivity (Wildman–Crippen MR) is 123 cm³/mol. The van der Waals surface area contributed by atoms with Gasteiger partial charge in [-0.2, -0.15) is 16.1 Å². The Bertz CT molecular complexity index is 878. The minimum Gasteiger partial charge on any atom is -0.338 e. The summed E-state index contributed by atoms with van der Waals surface area (Å²) in [7, 11) is -3.59. The van der Waals surface area contributed by atoms with Gasteiger partial charge in [0.1, 0.15) is 0 Å². The van der Waals surface area contributed by atoms with Crippen LogP contribution in [0.3, 0.4) is 0 Å². The van der Waals surface area contributed by atoms with Gasteiger partial charge >= 0.3 is 0 Å². The van der Waals surface area contributed by atoms with Crippen molar-refractivity contribution in [1.29, 1.82) is 0 Å². The van der Waals surface area contributed by atoms with Crippen molar-refractivity contribution in [3.63, 3.8) is 0 Å². The van der Waals surface area contributed by atoms with E-state index in [1.807, 2.05) is 30.9 Å². The molecule has 2 aliphatic heterocycles. The molecule has 0 aromatic heterocycles. The number of hydrogen-bond acceptors (Lipinski definition) is 4. The Morgan fingerprint density at radius 2 is 1.73 bits per heavy atom. The SMILES string of the molecule is CC(C)c1ccc(C(=O)N2CCC3CCCCC3C2)cc1S(=O)(=O)N1CCSCC1. The van der Waals surface area contributed by atoms with Crippen molar-refractivity contribution in [2.75, 3.05) is 37.7 Å². The van der Waals surface area contributed by atoms with Crippen molar-refractivity contribution in [1.82, 2.24) is 9.21 Å². The number of amides is 1. The molecule has 4 rings (SSSR count). The summed E-state index contributed by atoms with van der Waals surface area (Å²) in [5, 5.41) is 0. The highest BCUT2D eigenvalue weighted by atomic mass is 32.2. The maximum Gasteiger partial charge on any atom is 0.253 e. The van der Waals surface area contributed by atoms with Crippen molar-refractivity contribution < 1.29 is 13.2 Å². The molecule has 166 valence electrons. The maximum absolute atomic E-state index is 13.4. The van der Waals surface area contributed by atoms with Crippen LogP contribution in [0, 0.1) is 11.8 Å². The van der Waals surface area contributed by atoms with E-state index in [-0.39, 0.29) is 11.8 Å². The molecule has 7 heteroatoms. The van der Waals surface area contributed by atoms with E-state index in [1.54, 1.807) is 22.1 Å². The van der Waals surface area contributed by atoms with E-state index in [2.05, 4.69) is 0 Å². The number of nitrogens with zero attached hydrogens (tertiary/aromatic N) is 2. The number of carbonyl (C=O) groups is 1. The first-order chi connectivity index (χ1) is 14.4. The first-order valence-electron chi connectivity index (χ1n) is 11.4. The molecule has 2 unspecified atom stereocenters. The second kappa shape index (κ2) is 9.21. The summed E-state index contributed by atoms with van der Waals surface area (Å²) in [4.78, 5) is 15.6. The van der Waals surface area contributed by atoms with Crippen LogP contribution in [0.15, 0.2) is 23.1 Å². The number of piperidine rings is 1. The fourth-order valence-electron chi connectivity index (χ4n) is 5.26. The highest BCUT2D eigenvalue weighted by Gasteiger charge is 2.34. The molecular formula is C23H34N2O3S2. The molecule has 0 spiro atoms. The summed E-state index contributed by atoms with van der Waals surface area (Å²) in [6, 6.07) is 5.34. The lowest BCUT2D eigenvalue weighted by Gasteiger charge is -2.41. The van der Waals surface area contributed by atoms with Gasteiger partial charge in [-0.25, -0.2) is 8.42 Å². The Morgan fingerprint density at radius 3 is 2.43 bits per heavy atom. The van der Waals surface area contributed by atoms with Gasteiger partial charge in [0.25, 0.3) is 5.91 Å². The number of thioether (sulfide) groups is 1. The average Bonchev–Trinajstić information content (AvgIpc) is 2.78. The van der Waals surface area contributed by atoms with Crippen molar-refractivity contribution in [3.8, 4) is 0 Å². The first-order valence-corrected chi connectivity index (χ1v) is 14.0. The topological polar surface area (TPSA) is 57.7 Å². The summed E-state index contributed by atoms with van der Waals surface area (Å²) in [5.41, 5.74) is 1.31. The van der Waals surface area contributed by atoms with Crippen LogP contribution in [0.1, 0.15) is 67.8 Å². The zero-order chi connectivity index (χ0) is 21.3. The average molecular weight is 451 g/mol. The van der Waals surface area contributed by atoms with Crippen LogP contribution in [0.25, 0.3) is 0 Å². The Morgan fingerprint density at radius 1 is 1.03 bits per heavy atom. The van der Waals surface area contributed by atoms with Gasteiger partial charge in [-0.15, -0.1) is 0 Å². The molecule has 1 saturated carbocycles. The normalized spacial score (nSPS) is 25.9. The number of likely N-dealkylation sites (tertiary alicyclic amines) is 1. The van der Waals surface area contributed by atoms with E-state index in [9.17, 15) is 13.2 Å². The van der Waals surface area contributed by atoms with E-state index in [1.165, 1.54) is 25.7 Å². The fourth-order valence-corrected chi connectivity index (χ4v) is 8.21. The fraction of sp³-hybridized carbons (Fsp3) is 0.696.